The highest BCUT2D eigenvalue weighted by Crippen LogP contribution is 2.18. The van der Waals surface area contributed by atoms with Gasteiger partial charge in [-0.3, -0.25) is 14.2 Å². The second-order valence-electron chi connectivity index (χ2n) is 7.43. The maximum Gasteiger partial charge on any atom is 0.261 e. The van der Waals surface area contributed by atoms with Crippen LogP contribution in [-0.2, 0) is 13.1 Å². The SMILES string of the molecule is Cc1cccc2c(=O)n(CC(=O)c3cc(C)n(Cc4ccccc4)c3C)cnc12. The molecule has 0 radical (unpaired) electrons. The number of rotatable bonds is 5. The van der Waals surface area contributed by atoms with E-state index in [1.807, 2.05) is 57.2 Å². The predicted octanol–water partition coefficient (Wildman–Crippen LogP) is 4.05. The first-order valence-electron chi connectivity index (χ1n) is 9.64. The number of nitrogens with zero attached hydrogens (tertiary/aromatic N) is 3. The number of hydrogen-bond acceptors (Lipinski definition) is 3. The number of hydrogen-bond donors (Lipinski definition) is 0. The molecule has 0 aliphatic rings. The Bertz CT molecular complexity index is 1270. The molecule has 0 amide bonds. The summed E-state index contributed by atoms with van der Waals surface area (Å²) < 4.78 is 3.53. The predicted molar refractivity (Wildman–Crippen MR) is 115 cm³/mol. The van der Waals surface area contributed by atoms with Crippen LogP contribution in [0.4, 0.5) is 0 Å². The van der Waals surface area contributed by atoms with Crippen LogP contribution in [0.25, 0.3) is 10.9 Å². The van der Waals surface area contributed by atoms with E-state index in [0.717, 1.165) is 17.0 Å². The molecule has 0 unspecified atom stereocenters. The molecule has 2 aromatic heterocycles. The zero-order valence-electron chi connectivity index (χ0n) is 16.8. The molecular formula is C24H23N3O2. The molecule has 5 heteroatoms. The van der Waals surface area contributed by atoms with Gasteiger partial charge in [0.1, 0.15) is 0 Å². The Morgan fingerprint density at radius 1 is 1.00 bits per heavy atom. The first-order valence-corrected chi connectivity index (χ1v) is 9.64. The van der Waals surface area contributed by atoms with Gasteiger partial charge in [-0.1, -0.05) is 42.5 Å². The van der Waals surface area contributed by atoms with Gasteiger partial charge < -0.3 is 4.57 Å². The Hall–Kier alpha value is -3.47. The highest BCUT2D eigenvalue weighted by atomic mass is 16.1. The largest absolute Gasteiger partial charge is 0.344 e. The van der Waals surface area contributed by atoms with Gasteiger partial charge in [0, 0.05) is 23.5 Å². The zero-order valence-corrected chi connectivity index (χ0v) is 16.8. The standard InChI is InChI=1S/C24H23N3O2/c1-16-8-7-11-20-23(16)25-15-26(24(20)29)14-22(28)21-12-17(2)27(18(21)3)13-19-9-5-4-6-10-19/h4-12,15H,13-14H2,1-3H3. The summed E-state index contributed by atoms with van der Waals surface area (Å²) in [6.07, 6.45) is 1.47. The Kier molecular flexibility index (Phi) is 4.89. The van der Waals surface area contributed by atoms with Crippen LogP contribution in [0.1, 0.15) is 32.9 Å². The fourth-order valence-corrected chi connectivity index (χ4v) is 3.78. The molecule has 0 spiro atoms. The Morgan fingerprint density at radius 2 is 1.76 bits per heavy atom. The summed E-state index contributed by atoms with van der Waals surface area (Å²) in [5.74, 6) is -0.0895. The normalized spacial score (nSPS) is 11.1. The van der Waals surface area contributed by atoms with Crippen molar-refractivity contribution in [2.45, 2.75) is 33.9 Å². The van der Waals surface area contributed by atoms with Crippen molar-refractivity contribution in [2.75, 3.05) is 0 Å². The lowest BCUT2D eigenvalue weighted by molar-refractivity contribution is 0.0970. The second kappa shape index (κ2) is 7.51. The van der Waals surface area contributed by atoms with Crippen molar-refractivity contribution in [3.63, 3.8) is 0 Å². The number of benzene rings is 2. The van der Waals surface area contributed by atoms with E-state index in [1.54, 1.807) is 6.07 Å². The van der Waals surface area contributed by atoms with Gasteiger partial charge in [-0.2, -0.15) is 0 Å². The van der Waals surface area contributed by atoms with Crippen molar-refractivity contribution in [1.29, 1.82) is 0 Å². The topological polar surface area (TPSA) is 56.9 Å². The number of carbonyl (C=O) groups excluding carboxylic acids is 1. The number of fused-ring (bicyclic) bond motifs is 1. The van der Waals surface area contributed by atoms with Gasteiger partial charge in [-0.25, -0.2) is 4.98 Å². The molecule has 4 rings (SSSR count). The van der Waals surface area contributed by atoms with E-state index in [-0.39, 0.29) is 17.9 Å². The average Bonchev–Trinajstić information content (AvgIpc) is 3.00. The molecule has 0 N–H and O–H groups in total. The summed E-state index contributed by atoms with van der Waals surface area (Å²) >= 11 is 0. The van der Waals surface area contributed by atoms with Crippen LogP contribution in [-0.4, -0.2) is 19.9 Å². The van der Waals surface area contributed by atoms with Crippen molar-refractivity contribution < 1.29 is 4.79 Å². The van der Waals surface area contributed by atoms with Gasteiger partial charge in [0.05, 0.1) is 23.8 Å². The van der Waals surface area contributed by atoms with Crippen molar-refractivity contribution in [3.05, 3.63) is 99.4 Å². The van der Waals surface area contributed by atoms with Crippen LogP contribution in [0, 0.1) is 20.8 Å². The van der Waals surface area contributed by atoms with E-state index in [9.17, 15) is 9.59 Å². The van der Waals surface area contributed by atoms with Gasteiger partial charge in [-0.05, 0) is 44.0 Å². The Morgan fingerprint density at radius 3 is 2.52 bits per heavy atom. The number of Topliss-reactive ketones (excluding diaryl/α,β-unsaturated/α-hetero) is 1. The van der Waals surface area contributed by atoms with E-state index in [2.05, 4.69) is 21.7 Å². The molecule has 0 fully saturated rings. The number of aromatic nitrogens is 3. The van der Waals surface area contributed by atoms with Crippen molar-refractivity contribution in [3.8, 4) is 0 Å². The summed E-state index contributed by atoms with van der Waals surface area (Å²) in [5.41, 5.74) is 5.20. The summed E-state index contributed by atoms with van der Waals surface area (Å²) in [4.78, 5) is 30.2. The van der Waals surface area contributed by atoms with Crippen LogP contribution in [0.15, 0.2) is 65.7 Å². The summed E-state index contributed by atoms with van der Waals surface area (Å²) in [5, 5.41) is 0.537. The molecule has 5 nitrogen and oxygen atoms in total. The van der Waals surface area contributed by atoms with Gasteiger partial charge in [0.2, 0.25) is 0 Å². The third-order valence-corrected chi connectivity index (χ3v) is 5.43. The monoisotopic (exact) mass is 385 g/mol. The van der Waals surface area contributed by atoms with Crippen molar-refractivity contribution >= 4 is 16.7 Å². The van der Waals surface area contributed by atoms with Gasteiger partial charge in [0.25, 0.3) is 5.56 Å². The lowest BCUT2D eigenvalue weighted by Crippen LogP contribution is -2.25. The first kappa shape index (κ1) is 18.9. The van der Waals surface area contributed by atoms with Crippen LogP contribution >= 0.6 is 0 Å². The van der Waals surface area contributed by atoms with Gasteiger partial charge in [-0.15, -0.1) is 0 Å². The van der Waals surface area contributed by atoms with E-state index < -0.39 is 0 Å². The fourth-order valence-electron chi connectivity index (χ4n) is 3.78. The molecule has 0 aliphatic heterocycles. The van der Waals surface area contributed by atoms with Crippen LogP contribution < -0.4 is 5.56 Å². The smallest absolute Gasteiger partial charge is 0.261 e. The summed E-state index contributed by atoms with van der Waals surface area (Å²) in [6, 6.07) is 17.6. The zero-order chi connectivity index (χ0) is 20.5. The van der Waals surface area contributed by atoms with Crippen LogP contribution in [0.3, 0.4) is 0 Å². The molecule has 4 aromatic rings. The quantitative estimate of drug-likeness (QED) is 0.487. The number of carbonyl (C=O) groups is 1. The summed E-state index contributed by atoms with van der Waals surface area (Å²) in [7, 11) is 0. The average molecular weight is 385 g/mol. The lowest BCUT2D eigenvalue weighted by atomic mass is 10.1. The van der Waals surface area contributed by atoms with Crippen molar-refractivity contribution in [1.82, 2.24) is 14.1 Å². The van der Waals surface area contributed by atoms with E-state index in [4.69, 9.17) is 0 Å². The molecule has 29 heavy (non-hydrogen) atoms. The van der Waals surface area contributed by atoms with Crippen LogP contribution in [0.2, 0.25) is 0 Å². The third kappa shape index (κ3) is 3.51. The second-order valence-corrected chi connectivity index (χ2v) is 7.43. The van der Waals surface area contributed by atoms with Gasteiger partial charge in [0.15, 0.2) is 5.78 Å². The van der Waals surface area contributed by atoms with E-state index in [1.165, 1.54) is 16.5 Å². The third-order valence-electron chi connectivity index (χ3n) is 5.43. The van der Waals surface area contributed by atoms with Crippen LogP contribution in [0.5, 0.6) is 0 Å². The highest BCUT2D eigenvalue weighted by molar-refractivity contribution is 5.97. The molecule has 2 aromatic carbocycles. The number of para-hydroxylation sites is 1. The first-order chi connectivity index (χ1) is 14.0. The molecule has 146 valence electrons. The Labute approximate surface area is 169 Å². The maximum atomic E-state index is 13.0. The molecule has 0 atom stereocenters. The highest BCUT2D eigenvalue weighted by Gasteiger charge is 2.17. The lowest BCUT2D eigenvalue weighted by Gasteiger charge is -2.10. The fraction of sp³-hybridized carbons (Fsp3) is 0.208. The molecular weight excluding hydrogens is 362 g/mol. The molecule has 0 saturated heterocycles. The van der Waals surface area contributed by atoms with Crippen molar-refractivity contribution in [2.24, 2.45) is 0 Å². The number of aryl methyl sites for hydroxylation is 2. The molecule has 0 aliphatic carbocycles. The number of ketones is 1. The molecule has 0 bridgehead atoms. The minimum absolute atomic E-state index is 0.0225. The van der Waals surface area contributed by atoms with Gasteiger partial charge >= 0.3 is 0 Å². The van der Waals surface area contributed by atoms with E-state index in [0.29, 0.717) is 23.0 Å². The van der Waals surface area contributed by atoms with E-state index >= 15 is 0 Å². The Balaban J connectivity index is 1.64. The maximum absolute atomic E-state index is 13.0. The molecule has 0 saturated carbocycles. The molecule has 2 heterocycles. The minimum Gasteiger partial charge on any atom is -0.344 e. The summed E-state index contributed by atoms with van der Waals surface area (Å²) in [6.45, 7) is 6.56. The minimum atomic E-state index is -0.190.